The summed E-state index contributed by atoms with van der Waals surface area (Å²) in [7, 11) is 1.63. The summed E-state index contributed by atoms with van der Waals surface area (Å²) in [5.41, 5.74) is 2.04. The lowest BCUT2D eigenvalue weighted by atomic mass is 9.98. The largest absolute Gasteiger partial charge is 0.373 e. The SMILES string of the molecule is Cc1ncc(C#N)cc1Nc1nccc(-c2cccc(-c3cc(C4(O)CCN(C)C4=O)on3)n2)n1. The number of aliphatic hydroxyl groups is 1. The molecule has 2 N–H and O–H groups in total. The Bertz CT molecular complexity index is 1480. The zero-order chi connectivity index (χ0) is 24.6. The number of pyridine rings is 2. The number of rotatable bonds is 5. The highest BCUT2D eigenvalue weighted by Crippen LogP contribution is 2.34. The molecule has 4 aromatic heterocycles. The van der Waals surface area contributed by atoms with Gasteiger partial charge in [0, 0.05) is 38.5 Å². The van der Waals surface area contributed by atoms with Gasteiger partial charge in [0.05, 0.1) is 34.0 Å². The molecule has 1 amide bonds. The molecule has 0 spiro atoms. The Morgan fingerprint density at radius 3 is 2.66 bits per heavy atom. The van der Waals surface area contributed by atoms with Crippen molar-refractivity contribution in [3.8, 4) is 28.8 Å². The normalized spacial score (nSPS) is 17.4. The number of nitrogens with zero attached hydrogens (tertiary/aromatic N) is 7. The van der Waals surface area contributed by atoms with Crippen LogP contribution in [0.2, 0.25) is 0 Å². The summed E-state index contributed by atoms with van der Waals surface area (Å²) < 4.78 is 5.33. The molecule has 0 aromatic carbocycles. The summed E-state index contributed by atoms with van der Waals surface area (Å²) in [6, 6.07) is 12.3. The van der Waals surface area contributed by atoms with E-state index in [0.717, 1.165) is 0 Å². The van der Waals surface area contributed by atoms with Crippen molar-refractivity contribution in [2.24, 2.45) is 0 Å². The Morgan fingerprint density at radius 2 is 1.91 bits per heavy atom. The average Bonchev–Trinajstić information content (AvgIpc) is 3.48. The molecule has 1 aliphatic rings. The first-order chi connectivity index (χ1) is 16.9. The van der Waals surface area contributed by atoms with Gasteiger partial charge in [0.2, 0.25) is 11.5 Å². The van der Waals surface area contributed by atoms with Crippen molar-refractivity contribution in [2.75, 3.05) is 18.9 Å². The highest BCUT2D eigenvalue weighted by atomic mass is 16.5. The van der Waals surface area contributed by atoms with Crippen LogP contribution in [0.5, 0.6) is 0 Å². The van der Waals surface area contributed by atoms with E-state index in [-0.39, 0.29) is 12.2 Å². The van der Waals surface area contributed by atoms with E-state index in [1.807, 2.05) is 6.92 Å². The van der Waals surface area contributed by atoms with Crippen molar-refractivity contribution < 1.29 is 14.4 Å². The molecule has 0 radical (unpaired) electrons. The lowest BCUT2D eigenvalue weighted by Crippen LogP contribution is -2.35. The highest BCUT2D eigenvalue weighted by Gasteiger charge is 2.48. The second-order valence-electron chi connectivity index (χ2n) is 8.18. The van der Waals surface area contributed by atoms with Crippen LogP contribution in [0, 0.1) is 18.3 Å². The minimum Gasteiger partial charge on any atom is -0.373 e. The molecule has 1 saturated heterocycles. The maximum atomic E-state index is 12.4. The van der Waals surface area contributed by atoms with Gasteiger partial charge in [-0.15, -0.1) is 0 Å². The number of hydrogen-bond donors (Lipinski definition) is 2. The molecule has 35 heavy (non-hydrogen) atoms. The summed E-state index contributed by atoms with van der Waals surface area (Å²) in [5.74, 6) is -0.00988. The molecule has 174 valence electrons. The molecule has 1 aliphatic heterocycles. The first-order valence-corrected chi connectivity index (χ1v) is 10.8. The zero-order valence-electron chi connectivity index (χ0n) is 18.9. The lowest BCUT2D eigenvalue weighted by molar-refractivity contribution is -0.144. The molecule has 0 saturated carbocycles. The number of nitrogens with one attached hydrogen (secondary N) is 1. The Balaban J connectivity index is 1.42. The summed E-state index contributed by atoms with van der Waals surface area (Å²) in [5, 5.41) is 27.1. The van der Waals surface area contributed by atoms with Gasteiger partial charge in [-0.3, -0.25) is 9.78 Å². The van der Waals surface area contributed by atoms with Crippen LogP contribution in [0.15, 0.2) is 53.3 Å². The molecule has 0 bridgehead atoms. The number of nitriles is 1. The number of anilines is 2. The minimum absolute atomic E-state index is 0.0890. The fourth-order valence-electron chi connectivity index (χ4n) is 3.80. The molecule has 4 aromatic rings. The quantitative estimate of drug-likeness (QED) is 0.446. The van der Waals surface area contributed by atoms with Gasteiger partial charge < -0.3 is 19.8 Å². The second kappa shape index (κ2) is 8.58. The van der Waals surface area contributed by atoms with E-state index >= 15 is 0 Å². The molecule has 5 heterocycles. The van der Waals surface area contributed by atoms with Gasteiger partial charge in [-0.25, -0.2) is 15.0 Å². The van der Waals surface area contributed by atoms with Gasteiger partial charge in [0.1, 0.15) is 11.8 Å². The number of likely N-dealkylation sites (tertiary alicyclic amines) is 1. The fourth-order valence-corrected chi connectivity index (χ4v) is 3.80. The van der Waals surface area contributed by atoms with Crippen LogP contribution in [0.3, 0.4) is 0 Å². The number of aryl methyl sites for hydroxylation is 1. The van der Waals surface area contributed by atoms with Crippen molar-refractivity contribution in [2.45, 2.75) is 18.9 Å². The first-order valence-electron chi connectivity index (χ1n) is 10.8. The van der Waals surface area contributed by atoms with E-state index in [9.17, 15) is 9.90 Å². The number of likely N-dealkylation sites (N-methyl/N-ethyl adjacent to an activating group) is 1. The van der Waals surface area contributed by atoms with Gasteiger partial charge in [-0.2, -0.15) is 5.26 Å². The Hall–Kier alpha value is -4.69. The third kappa shape index (κ3) is 4.07. The third-order valence-corrected chi connectivity index (χ3v) is 5.82. The van der Waals surface area contributed by atoms with Gasteiger partial charge in [0.15, 0.2) is 5.76 Å². The minimum atomic E-state index is -1.72. The second-order valence-corrected chi connectivity index (χ2v) is 8.18. The molecule has 5 rings (SSSR count). The number of hydrogen-bond acceptors (Lipinski definition) is 10. The Kier molecular flexibility index (Phi) is 5.43. The molecule has 11 heteroatoms. The van der Waals surface area contributed by atoms with E-state index in [4.69, 9.17) is 9.78 Å². The van der Waals surface area contributed by atoms with Crippen LogP contribution >= 0.6 is 0 Å². The fraction of sp³-hybridized carbons (Fsp3) is 0.208. The molecule has 1 unspecified atom stereocenters. The number of amides is 1. The zero-order valence-corrected chi connectivity index (χ0v) is 18.9. The standard InChI is InChI=1S/C24H20N8O3/c1-14-19(10-15(12-25)13-27-14)30-23-26-8-6-18(29-23)16-4-3-5-17(28-16)20-11-21(35-31-20)24(34)7-9-32(2)22(24)33/h3-6,8,10-11,13,34H,7,9H2,1-2H3,(H,26,29,30). The molecular weight excluding hydrogens is 448 g/mol. The van der Waals surface area contributed by atoms with Crippen molar-refractivity contribution >= 4 is 17.5 Å². The van der Waals surface area contributed by atoms with Crippen molar-refractivity contribution in [1.82, 2.24) is 30.0 Å². The molecular formula is C24H20N8O3. The van der Waals surface area contributed by atoms with E-state index in [1.165, 1.54) is 17.2 Å². The lowest BCUT2D eigenvalue weighted by Gasteiger charge is -2.16. The highest BCUT2D eigenvalue weighted by molar-refractivity contribution is 5.87. The monoisotopic (exact) mass is 468 g/mol. The van der Waals surface area contributed by atoms with Gasteiger partial charge >= 0.3 is 0 Å². The van der Waals surface area contributed by atoms with Crippen LogP contribution in [0.4, 0.5) is 11.6 Å². The first kappa shape index (κ1) is 22.1. The van der Waals surface area contributed by atoms with Crippen LogP contribution in [0.25, 0.3) is 22.8 Å². The third-order valence-electron chi connectivity index (χ3n) is 5.82. The van der Waals surface area contributed by atoms with Crippen molar-refractivity contribution in [1.29, 1.82) is 5.26 Å². The van der Waals surface area contributed by atoms with Gasteiger partial charge in [-0.1, -0.05) is 11.2 Å². The predicted octanol–water partition coefficient (Wildman–Crippen LogP) is 2.56. The van der Waals surface area contributed by atoms with Gasteiger partial charge in [0.25, 0.3) is 5.91 Å². The van der Waals surface area contributed by atoms with E-state index in [0.29, 0.717) is 52.2 Å². The summed E-state index contributed by atoms with van der Waals surface area (Å²) in [4.78, 5) is 31.4. The Labute approximate surface area is 200 Å². The average molecular weight is 468 g/mol. The van der Waals surface area contributed by atoms with Crippen LogP contribution in [0.1, 0.15) is 23.4 Å². The number of carbonyl (C=O) groups is 1. The van der Waals surface area contributed by atoms with E-state index in [2.05, 4.69) is 36.5 Å². The maximum absolute atomic E-state index is 12.4. The number of aromatic nitrogens is 5. The van der Waals surface area contributed by atoms with Crippen LogP contribution in [-0.4, -0.2) is 54.6 Å². The molecule has 1 atom stereocenters. The van der Waals surface area contributed by atoms with Gasteiger partial charge in [-0.05, 0) is 31.2 Å². The Morgan fingerprint density at radius 1 is 1.14 bits per heavy atom. The van der Waals surface area contributed by atoms with Crippen molar-refractivity contribution in [3.63, 3.8) is 0 Å². The summed E-state index contributed by atoms with van der Waals surface area (Å²) in [6.07, 6.45) is 3.33. The van der Waals surface area contributed by atoms with Crippen LogP contribution in [-0.2, 0) is 10.4 Å². The van der Waals surface area contributed by atoms with E-state index in [1.54, 1.807) is 43.6 Å². The van der Waals surface area contributed by atoms with Crippen LogP contribution < -0.4 is 5.32 Å². The number of carbonyl (C=O) groups excluding carboxylic acids is 1. The van der Waals surface area contributed by atoms with Crippen molar-refractivity contribution in [3.05, 3.63) is 65.8 Å². The summed E-state index contributed by atoms with van der Waals surface area (Å²) >= 11 is 0. The maximum Gasteiger partial charge on any atom is 0.262 e. The molecule has 11 nitrogen and oxygen atoms in total. The topological polar surface area (TPSA) is 154 Å². The summed E-state index contributed by atoms with van der Waals surface area (Å²) in [6.45, 7) is 2.25. The molecule has 1 fully saturated rings. The molecule has 0 aliphatic carbocycles. The smallest absolute Gasteiger partial charge is 0.262 e. The van der Waals surface area contributed by atoms with E-state index < -0.39 is 11.5 Å². The predicted molar refractivity (Wildman–Crippen MR) is 124 cm³/mol.